The number of nitrogens with zero attached hydrogens (tertiary/aromatic N) is 4. The van der Waals surface area contributed by atoms with E-state index in [-0.39, 0.29) is 18.0 Å². The molecule has 0 saturated heterocycles. The number of hydrogen-bond acceptors (Lipinski definition) is 6. The summed E-state index contributed by atoms with van der Waals surface area (Å²) in [4.78, 5) is 24.2. The van der Waals surface area contributed by atoms with Gasteiger partial charge in [0.2, 0.25) is 11.0 Å². The van der Waals surface area contributed by atoms with Crippen molar-refractivity contribution in [1.82, 2.24) is 20.0 Å². The number of benzene rings is 2. The van der Waals surface area contributed by atoms with E-state index in [0.29, 0.717) is 10.8 Å². The van der Waals surface area contributed by atoms with Crippen LogP contribution in [0.4, 0.5) is 5.13 Å². The summed E-state index contributed by atoms with van der Waals surface area (Å²) in [6.07, 6.45) is 0. The summed E-state index contributed by atoms with van der Waals surface area (Å²) < 4.78 is 1.15. The lowest BCUT2D eigenvalue weighted by Gasteiger charge is -2.09. The third kappa shape index (κ3) is 3.22. The first-order chi connectivity index (χ1) is 12.7. The summed E-state index contributed by atoms with van der Waals surface area (Å²) in [7, 11) is 0. The van der Waals surface area contributed by atoms with Crippen LogP contribution in [0.3, 0.4) is 0 Å². The van der Waals surface area contributed by atoms with Crippen LogP contribution in [0, 0.1) is 0 Å². The van der Waals surface area contributed by atoms with Crippen LogP contribution in [-0.4, -0.2) is 25.9 Å². The van der Waals surface area contributed by atoms with Gasteiger partial charge in [0, 0.05) is 11.6 Å². The fraction of sp³-hybridized carbons (Fsp3) is 0.0556. The molecule has 7 nitrogen and oxygen atoms in total. The lowest BCUT2D eigenvalue weighted by molar-refractivity contribution is -0.117. The molecule has 0 radical (unpaired) electrons. The van der Waals surface area contributed by atoms with E-state index in [1.807, 2.05) is 42.5 Å². The standard InChI is InChI=1S/C18H13N5O2S/c24-16(20-18-21-19-11-26-18)10-23-17(25)9-8-15(22-23)14-7-3-5-12-4-1-2-6-13(12)14/h1-9,11H,10H2,(H,20,21,24). The first kappa shape index (κ1) is 16.1. The maximum Gasteiger partial charge on any atom is 0.267 e. The molecule has 2 aromatic carbocycles. The van der Waals surface area contributed by atoms with E-state index in [1.54, 1.807) is 6.07 Å². The van der Waals surface area contributed by atoms with Gasteiger partial charge in [0.25, 0.3) is 5.56 Å². The van der Waals surface area contributed by atoms with Gasteiger partial charge in [0.05, 0.1) is 5.69 Å². The molecule has 0 bridgehead atoms. The number of carbonyl (C=O) groups excluding carboxylic acids is 1. The van der Waals surface area contributed by atoms with Gasteiger partial charge in [-0.1, -0.05) is 53.8 Å². The van der Waals surface area contributed by atoms with Crippen molar-refractivity contribution in [2.45, 2.75) is 6.54 Å². The van der Waals surface area contributed by atoms with Crippen LogP contribution >= 0.6 is 11.3 Å². The molecular weight excluding hydrogens is 350 g/mol. The van der Waals surface area contributed by atoms with Gasteiger partial charge in [-0.15, -0.1) is 10.2 Å². The lowest BCUT2D eigenvalue weighted by atomic mass is 10.0. The summed E-state index contributed by atoms with van der Waals surface area (Å²) in [5.74, 6) is -0.383. The molecule has 0 unspecified atom stereocenters. The Kier molecular flexibility index (Phi) is 4.24. The van der Waals surface area contributed by atoms with E-state index in [1.165, 1.54) is 22.9 Å². The zero-order valence-corrected chi connectivity index (χ0v) is 14.3. The highest BCUT2D eigenvalue weighted by Crippen LogP contribution is 2.26. The van der Waals surface area contributed by atoms with Crippen molar-refractivity contribution < 1.29 is 4.79 Å². The van der Waals surface area contributed by atoms with Crippen molar-refractivity contribution in [3.63, 3.8) is 0 Å². The second-order valence-corrected chi connectivity index (χ2v) is 6.37. The topological polar surface area (TPSA) is 89.8 Å². The minimum absolute atomic E-state index is 0.197. The molecule has 0 aliphatic carbocycles. The number of rotatable bonds is 4. The summed E-state index contributed by atoms with van der Waals surface area (Å²) in [5.41, 5.74) is 2.70. The van der Waals surface area contributed by atoms with E-state index < -0.39 is 0 Å². The highest BCUT2D eigenvalue weighted by Gasteiger charge is 2.11. The van der Waals surface area contributed by atoms with Crippen LogP contribution in [0.15, 0.2) is 64.9 Å². The van der Waals surface area contributed by atoms with Gasteiger partial charge in [-0.25, -0.2) is 4.68 Å². The van der Waals surface area contributed by atoms with Crippen molar-refractivity contribution in [1.29, 1.82) is 0 Å². The van der Waals surface area contributed by atoms with Gasteiger partial charge in [0.1, 0.15) is 12.1 Å². The second kappa shape index (κ2) is 6.85. The molecule has 0 aliphatic rings. The van der Waals surface area contributed by atoms with Crippen LogP contribution in [0.1, 0.15) is 0 Å². The molecule has 0 atom stereocenters. The Morgan fingerprint density at radius 3 is 2.77 bits per heavy atom. The fourth-order valence-electron chi connectivity index (χ4n) is 2.68. The largest absolute Gasteiger partial charge is 0.299 e. The SMILES string of the molecule is O=C(Cn1nc(-c2cccc3ccccc23)ccc1=O)Nc1nncs1. The molecule has 1 N–H and O–H groups in total. The van der Waals surface area contributed by atoms with Crippen molar-refractivity contribution >= 4 is 33.1 Å². The quantitative estimate of drug-likeness (QED) is 0.602. The summed E-state index contributed by atoms with van der Waals surface area (Å²) in [6.45, 7) is -0.197. The molecule has 128 valence electrons. The van der Waals surface area contributed by atoms with E-state index in [4.69, 9.17) is 0 Å². The number of nitrogens with one attached hydrogen (secondary N) is 1. The Morgan fingerprint density at radius 1 is 1.08 bits per heavy atom. The molecular formula is C18H13N5O2S. The van der Waals surface area contributed by atoms with Gasteiger partial charge in [0.15, 0.2) is 0 Å². The third-order valence-corrected chi connectivity index (χ3v) is 4.44. The molecule has 0 saturated carbocycles. The van der Waals surface area contributed by atoms with Crippen LogP contribution in [-0.2, 0) is 11.3 Å². The fourth-order valence-corrected chi connectivity index (χ4v) is 3.14. The maximum absolute atomic E-state index is 12.1. The number of anilines is 1. The molecule has 0 fully saturated rings. The summed E-state index contributed by atoms with van der Waals surface area (Å²) in [6, 6.07) is 16.9. The van der Waals surface area contributed by atoms with Crippen molar-refractivity contribution in [3.8, 4) is 11.3 Å². The lowest BCUT2D eigenvalue weighted by Crippen LogP contribution is -2.29. The normalized spacial score (nSPS) is 10.8. The molecule has 4 rings (SSSR count). The highest BCUT2D eigenvalue weighted by molar-refractivity contribution is 7.13. The first-order valence-electron chi connectivity index (χ1n) is 7.83. The third-order valence-electron chi connectivity index (χ3n) is 3.83. The van der Waals surface area contributed by atoms with Gasteiger partial charge in [-0.2, -0.15) is 5.10 Å². The monoisotopic (exact) mass is 363 g/mol. The Bertz CT molecular complexity index is 1130. The maximum atomic E-state index is 12.1. The Balaban J connectivity index is 1.68. The zero-order chi connectivity index (χ0) is 17.9. The second-order valence-electron chi connectivity index (χ2n) is 5.53. The molecule has 1 amide bonds. The number of aromatic nitrogens is 4. The minimum atomic E-state index is -0.383. The van der Waals surface area contributed by atoms with E-state index >= 15 is 0 Å². The average molecular weight is 363 g/mol. The van der Waals surface area contributed by atoms with Crippen LogP contribution < -0.4 is 10.9 Å². The van der Waals surface area contributed by atoms with Crippen molar-refractivity contribution in [3.05, 3.63) is 70.5 Å². The smallest absolute Gasteiger partial charge is 0.267 e. The zero-order valence-electron chi connectivity index (χ0n) is 13.5. The van der Waals surface area contributed by atoms with Crippen molar-refractivity contribution in [2.75, 3.05) is 5.32 Å². The summed E-state index contributed by atoms with van der Waals surface area (Å²) in [5, 5.41) is 16.9. The van der Waals surface area contributed by atoms with E-state index in [2.05, 4.69) is 20.6 Å². The molecule has 2 heterocycles. The van der Waals surface area contributed by atoms with E-state index in [9.17, 15) is 9.59 Å². The van der Waals surface area contributed by atoms with Crippen molar-refractivity contribution in [2.24, 2.45) is 0 Å². The Morgan fingerprint density at radius 2 is 1.92 bits per heavy atom. The van der Waals surface area contributed by atoms with Crippen LogP contribution in [0.2, 0.25) is 0 Å². The summed E-state index contributed by atoms with van der Waals surface area (Å²) >= 11 is 1.21. The van der Waals surface area contributed by atoms with E-state index in [0.717, 1.165) is 21.0 Å². The number of carbonyl (C=O) groups is 1. The molecule has 0 aliphatic heterocycles. The number of hydrogen-bond donors (Lipinski definition) is 1. The molecule has 8 heteroatoms. The molecule has 2 aromatic heterocycles. The average Bonchev–Trinajstić information content (AvgIpc) is 3.16. The Hall–Kier alpha value is -3.39. The molecule has 26 heavy (non-hydrogen) atoms. The van der Waals surface area contributed by atoms with Gasteiger partial charge in [-0.05, 0) is 16.8 Å². The highest BCUT2D eigenvalue weighted by atomic mass is 32.1. The predicted molar refractivity (Wildman–Crippen MR) is 100.0 cm³/mol. The first-order valence-corrected chi connectivity index (χ1v) is 8.71. The number of fused-ring (bicyclic) bond motifs is 1. The minimum Gasteiger partial charge on any atom is -0.299 e. The molecule has 0 spiro atoms. The van der Waals surface area contributed by atoms with Crippen LogP contribution in [0.25, 0.3) is 22.0 Å². The van der Waals surface area contributed by atoms with Gasteiger partial charge in [-0.3, -0.25) is 14.9 Å². The van der Waals surface area contributed by atoms with Gasteiger partial charge < -0.3 is 0 Å². The Labute approximate surface area is 151 Å². The number of amides is 1. The van der Waals surface area contributed by atoms with Gasteiger partial charge >= 0.3 is 0 Å². The van der Waals surface area contributed by atoms with Crippen LogP contribution in [0.5, 0.6) is 0 Å². The predicted octanol–water partition coefficient (Wildman–Crippen LogP) is 2.55. The molecule has 4 aromatic rings.